The summed E-state index contributed by atoms with van der Waals surface area (Å²) >= 11 is 0. The normalized spacial score (nSPS) is 17.1. The van der Waals surface area contributed by atoms with E-state index in [4.69, 9.17) is 10.2 Å². The molecule has 104 valence electrons. The summed E-state index contributed by atoms with van der Waals surface area (Å²) < 4.78 is 25.7. The van der Waals surface area contributed by atoms with E-state index in [1.165, 1.54) is 12.1 Å². The summed E-state index contributed by atoms with van der Waals surface area (Å²) in [5, 5.41) is 17.8. The van der Waals surface area contributed by atoms with Crippen molar-refractivity contribution in [1.29, 1.82) is 0 Å². The highest BCUT2D eigenvalue weighted by Gasteiger charge is 2.38. The lowest BCUT2D eigenvalue weighted by atomic mass is 10.1. The first kappa shape index (κ1) is 13.8. The van der Waals surface area contributed by atoms with Crippen LogP contribution in [-0.2, 0) is 21.2 Å². The van der Waals surface area contributed by atoms with Crippen molar-refractivity contribution in [3.63, 3.8) is 0 Å². The predicted molar refractivity (Wildman–Crippen MR) is 68.3 cm³/mol. The molecule has 1 saturated carbocycles. The van der Waals surface area contributed by atoms with Gasteiger partial charge in [0.05, 0.1) is 5.25 Å². The maximum absolute atomic E-state index is 11.7. The molecule has 6 nitrogen and oxygen atoms in total. The highest BCUT2D eigenvalue weighted by atomic mass is 32.2. The lowest BCUT2D eigenvalue weighted by molar-refractivity contribution is -0.138. The number of hydrogen-bond donors (Lipinski definition) is 3. The van der Waals surface area contributed by atoms with Gasteiger partial charge in [-0.25, -0.2) is 13.1 Å². The van der Waals surface area contributed by atoms with Crippen LogP contribution in [0.25, 0.3) is 0 Å². The Balaban J connectivity index is 2.08. The Labute approximate surface area is 111 Å². The van der Waals surface area contributed by atoms with Gasteiger partial charge in [0, 0.05) is 0 Å². The average Bonchev–Trinajstić information content (AvgIpc) is 3.15. The number of aliphatic carboxylic acids is 1. The second-order valence-corrected chi connectivity index (χ2v) is 6.62. The largest absolute Gasteiger partial charge is 0.508 e. The van der Waals surface area contributed by atoms with Crippen LogP contribution in [0.3, 0.4) is 0 Å². The van der Waals surface area contributed by atoms with E-state index in [-0.39, 0.29) is 12.2 Å². The highest BCUT2D eigenvalue weighted by molar-refractivity contribution is 7.90. The van der Waals surface area contributed by atoms with Crippen molar-refractivity contribution < 1.29 is 23.4 Å². The molecule has 0 saturated heterocycles. The number of sulfonamides is 1. The Morgan fingerprint density at radius 3 is 2.37 bits per heavy atom. The topological polar surface area (TPSA) is 104 Å². The smallest absolute Gasteiger partial charge is 0.322 e. The Morgan fingerprint density at radius 1 is 1.32 bits per heavy atom. The minimum absolute atomic E-state index is 0.0432. The van der Waals surface area contributed by atoms with Crippen molar-refractivity contribution in [1.82, 2.24) is 4.72 Å². The van der Waals surface area contributed by atoms with Gasteiger partial charge in [-0.3, -0.25) is 4.79 Å². The van der Waals surface area contributed by atoms with Gasteiger partial charge in [-0.15, -0.1) is 0 Å². The van der Waals surface area contributed by atoms with Gasteiger partial charge in [0.25, 0.3) is 0 Å². The lowest BCUT2D eigenvalue weighted by Crippen LogP contribution is -2.43. The molecule has 0 amide bonds. The number of aromatic hydroxyl groups is 1. The van der Waals surface area contributed by atoms with Crippen molar-refractivity contribution in [3.8, 4) is 5.75 Å². The van der Waals surface area contributed by atoms with Gasteiger partial charge in [-0.1, -0.05) is 12.1 Å². The van der Waals surface area contributed by atoms with E-state index in [0.717, 1.165) is 0 Å². The first-order chi connectivity index (χ1) is 8.88. The molecule has 0 heterocycles. The third-order valence-electron chi connectivity index (χ3n) is 2.94. The molecule has 0 aliphatic heterocycles. The Morgan fingerprint density at radius 2 is 1.89 bits per heavy atom. The summed E-state index contributed by atoms with van der Waals surface area (Å²) in [5.74, 6) is -1.13. The first-order valence-electron chi connectivity index (χ1n) is 5.90. The monoisotopic (exact) mass is 285 g/mol. The molecule has 1 atom stereocenters. The number of hydrogen-bond acceptors (Lipinski definition) is 4. The van der Waals surface area contributed by atoms with Crippen LogP contribution in [0.1, 0.15) is 18.4 Å². The van der Waals surface area contributed by atoms with Gasteiger partial charge in [0.2, 0.25) is 10.0 Å². The number of carboxylic acids is 1. The van der Waals surface area contributed by atoms with Gasteiger partial charge >= 0.3 is 5.97 Å². The van der Waals surface area contributed by atoms with E-state index in [9.17, 15) is 13.2 Å². The predicted octanol–water partition coefficient (Wildman–Crippen LogP) is 0.470. The molecule has 3 N–H and O–H groups in total. The van der Waals surface area contributed by atoms with Gasteiger partial charge < -0.3 is 10.2 Å². The summed E-state index contributed by atoms with van der Waals surface area (Å²) in [6.45, 7) is 0. The average molecular weight is 285 g/mol. The molecule has 1 aliphatic rings. The van der Waals surface area contributed by atoms with Crippen LogP contribution in [0.5, 0.6) is 5.75 Å². The van der Waals surface area contributed by atoms with Crippen LogP contribution in [0.4, 0.5) is 0 Å². The van der Waals surface area contributed by atoms with E-state index >= 15 is 0 Å². The molecule has 0 radical (unpaired) electrons. The van der Waals surface area contributed by atoms with Crippen molar-refractivity contribution >= 4 is 16.0 Å². The Kier molecular flexibility index (Phi) is 3.77. The first-order valence-corrected chi connectivity index (χ1v) is 7.45. The molecule has 1 aromatic carbocycles. The molecule has 7 heteroatoms. The highest BCUT2D eigenvalue weighted by Crippen LogP contribution is 2.27. The van der Waals surface area contributed by atoms with Gasteiger partial charge in [0.1, 0.15) is 11.8 Å². The molecule has 0 unspecified atom stereocenters. The van der Waals surface area contributed by atoms with Crippen LogP contribution in [0.2, 0.25) is 0 Å². The van der Waals surface area contributed by atoms with Crippen LogP contribution in [0.15, 0.2) is 24.3 Å². The molecular weight excluding hydrogens is 270 g/mol. The number of phenols is 1. The van der Waals surface area contributed by atoms with Crippen LogP contribution >= 0.6 is 0 Å². The zero-order valence-corrected chi connectivity index (χ0v) is 10.9. The SMILES string of the molecule is O=C(O)[C@@H](Cc1ccc(O)cc1)NS(=O)(=O)C1CC1. The minimum atomic E-state index is -3.54. The fraction of sp³-hybridized carbons (Fsp3) is 0.417. The second kappa shape index (κ2) is 5.18. The molecule has 0 aromatic heterocycles. The van der Waals surface area contributed by atoms with E-state index in [1.807, 2.05) is 0 Å². The summed E-state index contributed by atoms with van der Waals surface area (Å²) in [7, 11) is -3.54. The van der Waals surface area contributed by atoms with E-state index in [2.05, 4.69) is 4.72 Å². The van der Waals surface area contributed by atoms with Crippen LogP contribution in [0, 0.1) is 0 Å². The minimum Gasteiger partial charge on any atom is -0.508 e. The molecule has 0 spiro atoms. The molecule has 1 aliphatic carbocycles. The van der Waals surface area contributed by atoms with E-state index in [0.29, 0.717) is 18.4 Å². The van der Waals surface area contributed by atoms with E-state index < -0.39 is 27.3 Å². The third-order valence-corrected chi connectivity index (χ3v) is 4.91. The number of benzene rings is 1. The van der Waals surface area contributed by atoms with Crippen LogP contribution < -0.4 is 4.72 Å². The lowest BCUT2D eigenvalue weighted by Gasteiger charge is -2.14. The number of nitrogens with one attached hydrogen (secondary N) is 1. The van der Waals surface area contributed by atoms with Crippen molar-refractivity contribution in [2.75, 3.05) is 0 Å². The van der Waals surface area contributed by atoms with Crippen LogP contribution in [-0.4, -0.2) is 35.9 Å². The zero-order chi connectivity index (χ0) is 14.0. The van der Waals surface area contributed by atoms with Gasteiger partial charge in [0.15, 0.2) is 0 Å². The van der Waals surface area contributed by atoms with Gasteiger partial charge in [-0.05, 0) is 37.0 Å². The Bertz CT molecular complexity index is 562. The summed E-state index contributed by atoms with van der Waals surface area (Å²) in [6, 6.07) is 4.82. The molecular formula is C12H15NO5S. The fourth-order valence-electron chi connectivity index (χ4n) is 1.72. The molecule has 1 fully saturated rings. The van der Waals surface area contributed by atoms with E-state index in [1.54, 1.807) is 12.1 Å². The summed E-state index contributed by atoms with van der Waals surface area (Å²) in [5.41, 5.74) is 0.642. The maximum Gasteiger partial charge on any atom is 0.322 e. The summed E-state index contributed by atoms with van der Waals surface area (Å²) in [4.78, 5) is 11.1. The molecule has 19 heavy (non-hydrogen) atoms. The number of carboxylic acid groups (broad SMARTS) is 1. The standard InChI is InChI=1S/C12H15NO5S/c14-9-3-1-8(2-4-9)7-11(12(15)16)13-19(17,18)10-5-6-10/h1-4,10-11,13-14H,5-7H2,(H,15,16)/t11-/m1/s1. The second-order valence-electron chi connectivity index (χ2n) is 4.62. The van der Waals surface area contributed by atoms with Crippen molar-refractivity contribution in [2.45, 2.75) is 30.6 Å². The third kappa shape index (κ3) is 3.68. The zero-order valence-electron chi connectivity index (χ0n) is 10.1. The summed E-state index contributed by atoms with van der Waals surface area (Å²) in [6.07, 6.45) is 1.21. The maximum atomic E-state index is 11.7. The Hall–Kier alpha value is -1.60. The molecule has 2 rings (SSSR count). The van der Waals surface area contributed by atoms with Crippen molar-refractivity contribution in [2.24, 2.45) is 0 Å². The van der Waals surface area contributed by atoms with Gasteiger partial charge in [-0.2, -0.15) is 0 Å². The number of rotatable bonds is 6. The number of phenolic OH excluding ortho intramolecular Hbond substituents is 1. The molecule has 1 aromatic rings. The number of carbonyl (C=O) groups is 1. The van der Waals surface area contributed by atoms with Crippen molar-refractivity contribution in [3.05, 3.63) is 29.8 Å². The molecule has 0 bridgehead atoms. The quantitative estimate of drug-likeness (QED) is 0.705. The fourth-order valence-corrected chi connectivity index (χ4v) is 3.25.